The maximum absolute atomic E-state index is 14.1. The average Bonchev–Trinajstić information content (AvgIpc) is 3.48. The van der Waals surface area contributed by atoms with Gasteiger partial charge in [-0.25, -0.2) is 22.2 Å². The third kappa shape index (κ3) is 8.13. The Hall–Kier alpha value is -5.07. The summed E-state index contributed by atoms with van der Waals surface area (Å²) in [6.07, 6.45) is 4.91. The van der Waals surface area contributed by atoms with Gasteiger partial charge in [-0.15, -0.1) is 0 Å². The van der Waals surface area contributed by atoms with Crippen LogP contribution in [0.4, 0.5) is 4.79 Å². The number of Topliss-reactive ketones (excluding diaryl/α,β-unsaturated/α-hetero) is 1. The monoisotopic (exact) mass is 710 g/mol. The molecule has 0 aliphatic carbocycles. The first-order valence-corrected chi connectivity index (χ1v) is 18.3. The van der Waals surface area contributed by atoms with E-state index in [0.29, 0.717) is 53.2 Å². The number of amides is 1. The number of carbonyl (C=O) groups is 2. The molecule has 0 bridgehead atoms. The number of ketones is 1. The van der Waals surface area contributed by atoms with Crippen LogP contribution in [0, 0.1) is 6.92 Å². The Morgan fingerprint density at radius 2 is 1.69 bits per heavy atom. The average molecular weight is 711 g/mol. The van der Waals surface area contributed by atoms with E-state index < -0.39 is 15.6 Å². The molecule has 0 spiro atoms. The lowest BCUT2D eigenvalue weighted by Crippen LogP contribution is -2.39. The van der Waals surface area contributed by atoms with E-state index in [0.717, 1.165) is 16.7 Å². The predicted octanol–water partition coefficient (Wildman–Crippen LogP) is 7.27. The van der Waals surface area contributed by atoms with E-state index in [9.17, 15) is 18.0 Å². The highest BCUT2D eigenvalue weighted by Crippen LogP contribution is 2.40. The summed E-state index contributed by atoms with van der Waals surface area (Å²) in [6.45, 7) is 12.0. The topological polar surface area (TPSA) is 130 Å². The molecule has 4 heterocycles. The van der Waals surface area contributed by atoms with Gasteiger partial charge in [0.25, 0.3) is 10.0 Å². The lowest BCUT2D eigenvalue weighted by Gasteiger charge is -2.31. The molecule has 0 fully saturated rings. The van der Waals surface area contributed by atoms with Gasteiger partial charge < -0.3 is 19.1 Å². The van der Waals surface area contributed by atoms with E-state index in [1.165, 1.54) is 16.4 Å². The molecule has 2 aromatic carbocycles. The van der Waals surface area contributed by atoms with Crippen LogP contribution in [0.25, 0.3) is 22.2 Å². The second-order valence-corrected chi connectivity index (χ2v) is 15.8. The van der Waals surface area contributed by atoms with Gasteiger partial charge in [-0.1, -0.05) is 23.8 Å². The summed E-state index contributed by atoms with van der Waals surface area (Å²) in [5.74, 6) is 0.770. The molecule has 0 unspecified atom stereocenters. The van der Waals surface area contributed by atoms with Gasteiger partial charge in [0.05, 0.1) is 22.8 Å². The van der Waals surface area contributed by atoms with Gasteiger partial charge in [-0.05, 0) is 107 Å². The summed E-state index contributed by atoms with van der Waals surface area (Å²) >= 11 is 0. The molecule has 1 aliphatic heterocycles. The fourth-order valence-corrected chi connectivity index (χ4v) is 7.19. The van der Waals surface area contributed by atoms with E-state index in [1.54, 1.807) is 53.6 Å². The fourth-order valence-electron chi connectivity index (χ4n) is 5.87. The predicted molar refractivity (Wildman–Crippen MR) is 193 cm³/mol. The Balaban J connectivity index is 1.41. The van der Waals surface area contributed by atoms with Gasteiger partial charge in [0, 0.05) is 42.9 Å². The zero-order valence-corrected chi connectivity index (χ0v) is 30.5. The Kier molecular flexibility index (Phi) is 10.0. The maximum atomic E-state index is 14.1. The Labute approximate surface area is 298 Å². The van der Waals surface area contributed by atoms with Crippen molar-refractivity contribution in [2.45, 2.75) is 77.5 Å². The van der Waals surface area contributed by atoms with E-state index in [-0.39, 0.29) is 41.6 Å². The summed E-state index contributed by atoms with van der Waals surface area (Å²) < 4.78 is 47.0. The third-order valence-electron chi connectivity index (χ3n) is 8.35. The molecule has 11 nitrogen and oxygen atoms in total. The summed E-state index contributed by atoms with van der Waals surface area (Å²) in [5.41, 5.74) is 4.22. The molecule has 0 saturated carbocycles. The number of rotatable bonds is 10. The number of nitrogens with zero attached hydrogens (tertiary/aromatic N) is 4. The van der Waals surface area contributed by atoms with E-state index in [4.69, 9.17) is 14.2 Å². The highest BCUT2D eigenvalue weighted by molar-refractivity contribution is 7.90. The first-order valence-electron chi connectivity index (χ1n) is 16.9. The van der Waals surface area contributed by atoms with Crippen LogP contribution in [-0.2, 0) is 43.7 Å². The van der Waals surface area contributed by atoms with Crippen LogP contribution >= 0.6 is 0 Å². The highest BCUT2D eigenvalue weighted by Gasteiger charge is 2.28. The first-order chi connectivity index (χ1) is 24.2. The van der Waals surface area contributed by atoms with E-state index in [2.05, 4.69) is 9.97 Å². The van der Waals surface area contributed by atoms with Crippen molar-refractivity contribution >= 4 is 32.9 Å². The van der Waals surface area contributed by atoms with Crippen molar-refractivity contribution in [2.75, 3.05) is 13.2 Å². The van der Waals surface area contributed by atoms with Crippen molar-refractivity contribution in [1.82, 2.24) is 18.8 Å². The highest BCUT2D eigenvalue weighted by atomic mass is 32.2. The summed E-state index contributed by atoms with van der Waals surface area (Å²) in [6, 6.07) is 17.6. The molecular weight excluding hydrogens is 669 g/mol. The van der Waals surface area contributed by atoms with Crippen molar-refractivity contribution < 1.29 is 32.2 Å². The Morgan fingerprint density at radius 3 is 2.41 bits per heavy atom. The van der Waals surface area contributed by atoms with E-state index >= 15 is 0 Å². The molecule has 3 aromatic heterocycles. The van der Waals surface area contributed by atoms with E-state index in [1.807, 2.05) is 59.7 Å². The van der Waals surface area contributed by atoms with Crippen LogP contribution in [0.3, 0.4) is 0 Å². The Bertz CT molecular complexity index is 2200. The number of carbonyl (C=O) groups excluding carboxylic acids is 2. The summed E-state index contributed by atoms with van der Waals surface area (Å²) in [5, 5.41) is 0.466. The van der Waals surface area contributed by atoms with Crippen LogP contribution in [-0.4, -0.2) is 64.0 Å². The number of benzene rings is 2. The fraction of sp³-hybridized carbons (Fsp3) is 0.333. The second-order valence-electron chi connectivity index (χ2n) is 14.0. The zero-order chi connectivity index (χ0) is 36.5. The van der Waals surface area contributed by atoms with Crippen LogP contribution in [0.5, 0.6) is 11.5 Å². The molecule has 51 heavy (non-hydrogen) atoms. The minimum absolute atomic E-state index is 0.0318. The Morgan fingerprint density at radius 1 is 0.941 bits per heavy atom. The van der Waals surface area contributed by atoms with Gasteiger partial charge in [0.1, 0.15) is 23.7 Å². The zero-order valence-electron chi connectivity index (χ0n) is 29.7. The third-order valence-corrected chi connectivity index (χ3v) is 10.0. The van der Waals surface area contributed by atoms with Crippen LogP contribution in [0.15, 0.2) is 84.1 Å². The largest absolute Gasteiger partial charge is 0.457 e. The van der Waals surface area contributed by atoms with Gasteiger partial charge in [-0.2, -0.15) is 0 Å². The molecule has 0 atom stereocenters. The number of hydrogen-bond acceptors (Lipinski definition) is 9. The number of aryl methyl sites for hydroxylation is 1. The lowest BCUT2D eigenvalue weighted by atomic mass is 10.00. The molecule has 1 amide bonds. The molecule has 266 valence electrons. The minimum Gasteiger partial charge on any atom is -0.457 e. The van der Waals surface area contributed by atoms with Crippen LogP contribution in [0.2, 0.25) is 0 Å². The molecule has 6 rings (SSSR count). The van der Waals surface area contributed by atoms with Crippen LogP contribution < -0.4 is 4.74 Å². The van der Waals surface area contributed by atoms with Crippen molar-refractivity contribution in [3.8, 4) is 22.6 Å². The molecule has 12 heteroatoms. The number of pyridine rings is 2. The SMILES string of the molecule is Cc1ccc(S(=O)(=O)n2cc(-c3ccnc(CC(=O)COC(C)C)c3)c3c(Oc4ccc5c(c4)CN(C(=O)OC(C)(C)C)CC5)ccnc32)cc1. The molecule has 0 radical (unpaired) electrons. The van der Waals surface area contributed by atoms with Gasteiger partial charge in [-0.3, -0.25) is 9.78 Å². The summed E-state index contributed by atoms with van der Waals surface area (Å²) in [4.78, 5) is 36.2. The standard InChI is InChI=1S/C39H42N4O7S/c1-25(2)48-24-31(44)21-30-19-28(13-16-40-30)34-23-43(51(46,47)33-11-7-26(3)8-12-33)37-36(34)35(14-17-41-37)49-32-10-9-27-15-18-42(22-29(27)20-32)38(45)50-39(4,5)6/h7-14,16-17,19-20,23,25H,15,18,21-22,24H2,1-6H3. The maximum Gasteiger partial charge on any atom is 0.410 e. The quantitative estimate of drug-likeness (QED) is 0.147. The van der Waals surface area contributed by atoms with Crippen molar-refractivity contribution in [3.05, 3.63) is 102 Å². The normalized spacial score (nSPS) is 13.4. The van der Waals surface area contributed by atoms with Gasteiger partial charge >= 0.3 is 6.09 Å². The van der Waals surface area contributed by atoms with Crippen LogP contribution in [0.1, 0.15) is 57.0 Å². The number of hydrogen-bond donors (Lipinski definition) is 0. The summed E-state index contributed by atoms with van der Waals surface area (Å²) in [7, 11) is -4.08. The molecule has 1 aliphatic rings. The lowest BCUT2D eigenvalue weighted by molar-refractivity contribution is -0.124. The van der Waals surface area contributed by atoms with Gasteiger partial charge in [0.15, 0.2) is 11.4 Å². The number of aromatic nitrogens is 3. The van der Waals surface area contributed by atoms with Crippen molar-refractivity contribution in [2.24, 2.45) is 0 Å². The van der Waals surface area contributed by atoms with Crippen molar-refractivity contribution in [1.29, 1.82) is 0 Å². The smallest absolute Gasteiger partial charge is 0.410 e. The van der Waals surface area contributed by atoms with Gasteiger partial charge in [0.2, 0.25) is 0 Å². The number of ether oxygens (including phenoxy) is 3. The number of fused-ring (bicyclic) bond motifs is 2. The minimum atomic E-state index is -4.08. The second kappa shape index (κ2) is 14.3. The molecule has 5 aromatic rings. The van der Waals surface area contributed by atoms with Crippen molar-refractivity contribution in [3.63, 3.8) is 0 Å². The molecule has 0 N–H and O–H groups in total. The molecular formula is C39H42N4O7S. The molecule has 0 saturated heterocycles. The first kappa shape index (κ1) is 35.7.